The molecule has 0 radical (unpaired) electrons. The normalized spacial score (nSPS) is 16.7. The number of benzene rings is 1. The second-order valence-electron chi connectivity index (χ2n) is 6.34. The lowest BCUT2D eigenvalue weighted by Gasteiger charge is -2.32. The van der Waals surface area contributed by atoms with Crippen molar-refractivity contribution in [3.8, 4) is 11.5 Å². The first-order chi connectivity index (χ1) is 13.2. The van der Waals surface area contributed by atoms with Gasteiger partial charge in [0.05, 0.1) is 38.3 Å². The van der Waals surface area contributed by atoms with Crippen LogP contribution in [0.4, 0.5) is 10.5 Å². The summed E-state index contributed by atoms with van der Waals surface area (Å²) in [5, 5.41) is 2.91. The number of rotatable bonds is 6. The van der Waals surface area contributed by atoms with Crippen LogP contribution in [-0.2, 0) is 11.3 Å². The fourth-order valence-electron chi connectivity index (χ4n) is 3.05. The lowest BCUT2D eigenvalue weighted by atomic mass is 10.1. The van der Waals surface area contributed by atoms with Crippen molar-refractivity contribution in [3.05, 3.63) is 48.3 Å². The Balaban J connectivity index is 1.58. The fourth-order valence-corrected chi connectivity index (χ4v) is 3.05. The summed E-state index contributed by atoms with van der Waals surface area (Å²) in [4.78, 5) is 18.7. The smallest absolute Gasteiger partial charge is 0.322 e. The number of hydrogen-bond acceptors (Lipinski definition) is 5. The summed E-state index contributed by atoms with van der Waals surface area (Å²) in [5.74, 6) is 1.24. The van der Waals surface area contributed by atoms with E-state index < -0.39 is 0 Å². The van der Waals surface area contributed by atoms with E-state index in [1.165, 1.54) is 0 Å². The monoisotopic (exact) mass is 371 g/mol. The van der Waals surface area contributed by atoms with Gasteiger partial charge in [-0.1, -0.05) is 6.07 Å². The molecule has 2 aromatic rings. The Hall–Kier alpha value is -2.80. The minimum absolute atomic E-state index is 0.00119. The molecule has 2 heterocycles. The maximum atomic E-state index is 12.7. The number of piperidine rings is 1. The van der Waals surface area contributed by atoms with Gasteiger partial charge < -0.3 is 24.4 Å². The molecule has 1 atom stereocenters. The number of methoxy groups -OCH3 is 2. The second kappa shape index (κ2) is 9.23. The highest BCUT2D eigenvalue weighted by atomic mass is 16.5. The van der Waals surface area contributed by atoms with Crippen molar-refractivity contribution in [2.45, 2.75) is 25.6 Å². The molecule has 1 aliphatic rings. The molecule has 0 bridgehead atoms. The summed E-state index contributed by atoms with van der Waals surface area (Å²) in [6.45, 7) is 1.69. The number of anilines is 1. The molecule has 0 saturated carbocycles. The summed E-state index contributed by atoms with van der Waals surface area (Å²) in [6.07, 6.45) is 3.58. The zero-order valence-electron chi connectivity index (χ0n) is 15.7. The Labute approximate surface area is 159 Å². The molecule has 1 fully saturated rings. The van der Waals surface area contributed by atoms with Crippen molar-refractivity contribution in [1.29, 1.82) is 0 Å². The summed E-state index contributed by atoms with van der Waals surface area (Å²) >= 11 is 0. The highest BCUT2D eigenvalue weighted by Gasteiger charge is 2.25. The molecule has 1 saturated heterocycles. The standard InChI is InChI=1S/C20H25N3O4/c1-25-16-8-9-19(26-2)18(12-16)22-20(24)23-11-5-7-17(13-23)27-14-15-6-3-4-10-21-15/h3-4,6,8-10,12,17H,5,7,11,13-14H2,1-2H3,(H,22,24)/t17-/m0/s1. The summed E-state index contributed by atoms with van der Waals surface area (Å²) in [6, 6.07) is 10.9. The molecule has 2 amide bonds. The van der Waals surface area contributed by atoms with Crippen molar-refractivity contribution < 1.29 is 19.0 Å². The number of nitrogens with one attached hydrogen (secondary N) is 1. The Bertz CT molecular complexity index is 754. The minimum Gasteiger partial charge on any atom is -0.497 e. The van der Waals surface area contributed by atoms with E-state index in [1.807, 2.05) is 18.2 Å². The molecule has 144 valence electrons. The van der Waals surface area contributed by atoms with Gasteiger partial charge in [0.2, 0.25) is 0 Å². The summed E-state index contributed by atoms with van der Waals surface area (Å²) in [7, 11) is 3.15. The molecular formula is C20H25N3O4. The van der Waals surface area contributed by atoms with E-state index in [0.717, 1.165) is 18.5 Å². The molecule has 7 nitrogen and oxygen atoms in total. The minimum atomic E-state index is -0.173. The van der Waals surface area contributed by atoms with Crippen LogP contribution in [-0.4, -0.2) is 49.3 Å². The van der Waals surface area contributed by atoms with Crippen LogP contribution in [0.3, 0.4) is 0 Å². The molecule has 7 heteroatoms. The number of aromatic nitrogens is 1. The molecule has 0 unspecified atom stereocenters. The van der Waals surface area contributed by atoms with Crippen molar-refractivity contribution in [3.63, 3.8) is 0 Å². The lowest BCUT2D eigenvalue weighted by Crippen LogP contribution is -2.45. The Morgan fingerprint density at radius 3 is 2.89 bits per heavy atom. The Morgan fingerprint density at radius 2 is 2.15 bits per heavy atom. The zero-order valence-corrected chi connectivity index (χ0v) is 15.7. The number of ether oxygens (including phenoxy) is 3. The van der Waals surface area contributed by atoms with E-state index in [2.05, 4.69) is 10.3 Å². The largest absolute Gasteiger partial charge is 0.497 e. The Kier molecular flexibility index (Phi) is 6.49. The van der Waals surface area contributed by atoms with Crippen LogP contribution < -0.4 is 14.8 Å². The molecule has 0 spiro atoms. The number of nitrogens with zero attached hydrogens (tertiary/aromatic N) is 2. The quantitative estimate of drug-likeness (QED) is 0.843. The van der Waals surface area contributed by atoms with Crippen LogP contribution >= 0.6 is 0 Å². The van der Waals surface area contributed by atoms with Gasteiger partial charge in [0.25, 0.3) is 0 Å². The average molecular weight is 371 g/mol. The molecule has 1 aromatic carbocycles. The van der Waals surface area contributed by atoms with E-state index in [-0.39, 0.29) is 12.1 Å². The first-order valence-corrected chi connectivity index (χ1v) is 8.99. The van der Waals surface area contributed by atoms with Gasteiger partial charge in [-0.15, -0.1) is 0 Å². The van der Waals surface area contributed by atoms with Gasteiger partial charge >= 0.3 is 6.03 Å². The predicted octanol–water partition coefficient (Wildman–Crippen LogP) is 3.31. The third-order valence-corrected chi connectivity index (χ3v) is 4.51. The third kappa shape index (κ3) is 5.10. The van der Waals surface area contributed by atoms with Crippen LogP contribution in [0.25, 0.3) is 0 Å². The lowest BCUT2D eigenvalue weighted by molar-refractivity contribution is -0.000329. The maximum absolute atomic E-state index is 12.7. The van der Waals surface area contributed by atoms with E-state index in [9.17, 15) is 4.79 Å². The predicted molar refractivity (Wildman–Crippen MR) is 102 cm³/mol. The average Bonchev–Trinajstić information content (AvgIpc) is 2.73. The van der Waals surface area contributed by atoms with E-state index in [0.29, 0.717) is 36.9 Å². The molecule has 1 aliphatic heterocycles. The van der Waals surface area contributed by atoms with E-state index in [1.54, 1.807) is 43.5 Å². The highest BCUT2D eigenvalue weighted by molar-refractivity contribution is 5.91. The number of likely N-dealkylation sites (tertiary alicyclic amines) is 1. The molecule has 3 rings (SSSR count). The molecule has 1 aromatic heterocycles. The fraction of sp³-hybridized carbons (Fsp3) is 0.400. The molecule has 27 heavy (non-hydrogen) atoms. The summed E-state index contributed by atoms with van der Waals surface area (Å²) in [5.41, 5.74) is 1.47. The number of urea groups is 1. The number of carbonyl (C=O) groups excluding carboxylic acids is 1. The van der Waals surface area contributed by atoms with Crippen LogP contribution in [0.2, 0.25) is 0 Å². The number of hydrogen-bond donors (Lipinski definition) is 1. The second-order valence-corrected chi connectivity index (χ2v) is 6.34. The van der Waals surface area contributed by atoms with Crippen molar-refractivity contribution >= 4 is 11.7 Å². The Morgan fingerprint density at radius 1 is 1.26 bits per heavy atom. The highest BCUT2D eigenvalue weighted by Crippen LogP contribution is 2.29. The van der Waals surface area contributed by atoms with Gasteiger partial charge in [0.15, 0.2) is 0 Å². The topological polar surface area (TPSA) is 72.9 Å². The third-order valence-electron chi connectivity index (χ3n) is 4.51. The van der Waals surface area contributed by atoms with Gasteiger partial charge in [-0.25, -0.2) is 4.79 Å². The van der Waals surface area contributed by atoms with E-state index in [4.69, 9.17) is 14.2 Å². The van der Waals surface area contributed by atoms with Gasteiger partial charge in [-0.05, 0) is 37.1 Å². The van der Waals surface area contributed by atoms with Crippen LogP contribution in [0.15, 0.2) is 42.6 Å². The first-order valence-electron chi connectivity index (χ1n) is 8.99. The van der Waals surface area contributed by atoms with Crippen LogP contribution in [0, 0.1) is 0 Å². The zero-order chi connectivity index (χ0) is 19.1. The maximum Gasteiger partial charge on any atom is 0.322 e. The van der Waals surface area contributed by atoms with Gasteiger partial charge in [0, 0.05) is 25.4 Å². The number of amides is 2. The van der Waals surface area contributed by atoms with Crippen molar-refractivity contribution in [2.24, 2.45) is 0 Å². The van der Waals surface area contributed by atoms with Crippen molar-refractivity contribution in [2.75, 3.05) is 32.6 Å². The molecule has 0 aliphatic carbocycles. The van der Waals surface area contributed by atoms with Crippen LogP contribution in [0.1, 0.15) is 18.5 Å². The number of pyridine rings is 1. The van der Waals surface area contributed by atoms with E-state index >= 15 is 0 Å². The summed E-state index contributed by atoms with van der Waals surface area (Å²) < 4.78 is 16.5. The van der Waals surface area contributed by atoms with Crippen molar-refractivity contribution in [1.82, 2.24) is 9.88 Å². The van der Waals surface area contributed by atoms with Gasteiger partial charge in [0.1, 0.15) is 11.5 Å². The molecular weight excluding hydrogens is 346 g/mol. The van der Waals surface area contributed by atoms with Crippen LogP contribution in [0.5, 0.6) is 11.5 Å². The molecule has 1 N–H and O–H groups in total. The van der Waals surface area contributed by atoms with Gasteiger partial charge in [-0.2, -0.15) is 0 Å². The first kappa shape index (κ1) is 19.0. The number of carbonyl (C=O) groups is 1. The van der Waals surface area contributed by atoms with Gasteiger partial charge in [-0.3, -0.25) is 4.98 Å². The SMILES string of the molecule is COc1ccc(OC)c(NC(=O)N2CCC[C@H](OCc3ccccn3)C2)c1.